The van der Waals surface area contributed by atoms with Crippen molar-refractivity contribution in [1.29, 1.82) is 0 Å². The van der Waals surface area contributed by atoms with Crippen molar-refractivity contribution in [3.63, 3.8) is 0 Å². The van der Waals surface area contributed by atoms with Crippen LogP contribution in [0.3, 0.4) is 0 Å². The van der Waals surface area contributed by atoms with Crippen LogP contribution >= 0.6 is 0 Å². The zero-order chi connectivity index (χ0) is 19.7. The molecule has 4 aromatic carbocycles. The predicted molar refractivity (Wildman–Crippen MR) is 120 cm³/mol. The van der Waals surface area contributed by atoms with Gasteiger partial charge in [0.05, 0.1) is 0 Å². The summed E-state index contributed by atoms with van der Waals surface area (Å²) < 4.78 is 11.5. The quantitative estimate of drug-likeness (QED) is 0.362. The van der Waals surface area contributed by atoms with E-state index >= 15 is 0 Å². The van der Waals surface area contributed by atoms with E-state index in [1.54, 1.807) is 0 Å². The lowest BCUT2D eigenvalue weighted by molar-refractivity contribution is 0.217. The van der Waals surface area contributed by atoms with E-state index in [0.29, 0.717) is 13.2 Å². The fraction of sp³-hybridized carbons (Fsp3) is 0.154. The van der Waals surface area contributed by atoms with Crippen LogP contribution in [0, 0.1) is 0 Å². The second kappa shape index (κ2) is 9.65. The average molecular weight is 383 g/mol. The number of hydrogen-bond acceptors (Lipinski definition) is 3. The number of anilines is 1. The lowest BCUT2D eigenvalue weighted by atomic mass is 10.0. The zero-order valence-corrected chi connectivity index (χ0v) is 16.4. The highest BCUT2D eigenvalue weighted by Gasteiger charge is 2.01. The molecule has 1 N–H and O–H groups in total. The van der Waals surface area contributed by atoms with E-state index in [2.05, 4.69) is 53.8 Å². The van der Waals surface area contributed by atoms with Crippen molar-refractivity contribution in [2.75, 3.05) is 25.1 Å². The van der Waals surface area contributed by atoms with E-state index in [1.165, 1.54) is 16.3 Å². The van der Waals surface area contributed by atoms with Gasteiger partial charge in [0.15, 0.2) is 0 Å². The Morgan fingerprint density at radius 3 is 2.21 bits per heavy atom. The fourth-order valence-corrected chi connectivity index (χ4v) is 3.38. The number of hydrogen-bond donors (Lipinski definition) is 1. The summed E-state index contributed by atoms with van der Waals surface area (Å²) in [6, 6.07) is 32.9. The van der Waals surface area contributed by atoms with Crippen molar-refractivity contribution in [3.05, 3.63) is 103 Å². The first kappa shape index (κ1) is 18.9. The maximum absolute atomic E-state index is 5.83. The van der Waals surface area contributed by atoms with Crippen molar-refractivity contribution in [2.45, 2.75) is 6.42 Å². The molecule has 0 spiro atoms. The second-order valence-corrected chi connectivity index (χ2v) is 6.85. The van der Waals surface area contributed by atoms with Crippen LogP contribution in [0.2, 0.25) is 0 Å². The van der Waals surface area contributed by atoms with E-state index in [9.17, 15) is 0 Å². The molecule has 0 aliphatic rings. The van der Waals surface area contributed by atoms with E-state index in [0.717, 1.165) is 30.2 Å². The number of fused-ring (bicyclic) bond motifs is 1. The molecule has 29 heavy (non-hydrogen) atoms. The Morgan fingerprint density at radius 1 is 0.621 bits per heavy atom. The van der Waals surface area contributed by atoms with E-state index in [4.69, 9.17) is 9.47 Å². The van der Waals surface area contributed by atoms with Crippen LogP contribution in [-0.2, 0) is 6.42 Å². The van der Waals surface area contributed by atoms with Gasteiger partial charge in [-0.2, -0.15) is 0 Å². The summed E-state index contributed by atoms with van der Waals surface area (Å²) >= 11 is 0. The Labute approximate surface area is 171 Å². The van der Waals surface area contributed by atoms with Gasteiger partial charge in [0, 0.05) is 18.3 Å². The minimum atomic E-state index is 0.508. The van der Waals surface area contributed by atoms with Crippen molar-refractivity contribution >= 4 is 16.5 Å². The topological polar surface area (TPSA) is 30.5 Å². The van der Waals surface area contributed by atoms with Crippen LogP contribution in [0.15, 0.2) is 97.1 Å². The second-order valence-electron chi connectivity index (χ2n) is 6.85. The number of rotatable bonds is 9. The zero-order valence-electron chi connectivity index (χ0n) is 16.4. The summed E-state index contributed by atoms with van der Waals surface area (Å²) in [5, 5.41) is 6.12. The molecule has 146 valence electrons. The highest BCUT2D eigenvalue weighted by molar-refractivity contribution is 5.85. The third-order valence-electron chi connectivity index (χ3n) is 4.80. The van der Waals surface area contributed by atoms with Gasteiger partial charge >= 0.3 is 0 Å². The Bertz CT molecular complexity index is 1040. The van der Waals surface area contributed by atoms with Crippen molar-refractivity contribution in [2.24, 2.45) is 0 Å². The molecule has 0 unspecified atom stereocenters. The van der Waals surface area contributed by atoms with Gasteiger partial charge in [0.25, 0.3) is 0 Å². The molecule has 3 nitrogen and oxygen atoms in total. The van der Waals surface area contributed by atoms with Crippen LogP contribution < -0.4 is 14.8 Å². The molecule has 0 aliphatic heterocycles. The van der Waals surface area contributed by atoms with Crippen molar-refractivity contribution < 1.29 is 9.47 Å². The first-order valence-corrected chi connectivity index (χ1v) is 10.00. The molecule has 4 aromatic rings. The summed E-state index contributed by atoms with van der Waals surface area (Å²) in [5.74, 6) is 1.71. The van der Waals surface area contributed by atoms with Crippen LogP contribution in [0.1, 0.15) is 5.56 Å². The van der Waals surface area contributed by atoms with Crippen LogP contribution in [0.25, 0.3) is 10.8 Å². The van der Waals surface area contributed by atoms with Crippen molar-refractivity contribution in [1.82, 2.24) is 0 Å². The minimum absolute atomic E-state index is 0.508. The van der Waals surface area contributed by atoms with Gasteiger partial charge in [-0.25, -0.2) is 0 Å². The normalized spacial score (nSPS) is 10.6. The van der Waals surface area contributed by atoms with Gasteiger partial charge in [-0.3, -0.25) is 0 Å². The number of ether oxygens (including phenoxy) is 2. The molecule has 4 rings (SSSR count). The van der Waals surface area contributed by atoms with Gasteiger partial charge in [-0.05, 0) is 47.0 Å². The highest BCUT2D eigenvalue weighted by atomic mass is 16.5. The smallest absolute Gasteiger partial charge is 0.122 e. The molecule has 0 aliphatic carbocycles. The third-order valence-corrected chi connectivity index (χ3v) is 4.80. The van der Waals surface area contributed by atoms with E-state index < -0.39 is 0 Å². The van der Waals surface area contributed by atoms with Gasteiger partial charge in [-0.1, -0.05) is 66.7 Å². The maximum Gasteiger partial charge on any atom is 0.122 e. The molecule has 0 bridgehead atoms. The van der Waals surface area contributed by atoms with Crippen LogP contribution in [-0.4, -0.2) is 19.8 Å². The average Bonchev–Trinajstić information content (AvgIpc) is 2.78. The molecule has 0 fully saturated rings. The SMILES string of the molecule is c1ccc(OCCOc2cccc(NCCc3cccc4ccccc34)c2)cc1. The Morgan fingerprint density at radius 2 is 1.31 bits per heavy atom. The van der Waals surface area contributed by atoms with Gasteiger partial charge in [-0.15, -0.1) is 0 Å². The molecule has 0 aromatic heterocycles. The lowest BCUT2D eigenvalue weighted by Gasteiger charge is -2.11. The number of nitrogens with one attached hydrogen (secondary N) is 1. The van der Waals surface area contributed by atoms with Crippen LogP contribution in [0.4, 0.5) is 5.69 Å². The summed E-state index contributed by atoms with van der Waals surface area (Å²) in [5.41, 5.74) is 2.42. The predicted octanol–water partition coefficient (Wildman–Crippen LogP) is 5.95. The molecule has 0 saturated carbocycles. The Balaban J connectivity index is 1.26. The summed E-state index contributed by atoms with van der Waals surface area (Å²) in [4.78, 5) is 0. The first-order valence-electron chi connectivity index (χ1n) is 10.00. The van der Waals surface area contributed by atoms with Gasteiger partial charge in [0.2, 0.25) is 0 Å². The minimum Gasteiger partial charge on any atom is -0.490 e. The molecule has 0 radical (unpaired) electrons. The highest BCUT2D eigenvalue weighted by Crippen LogP contribution is 2.20. The van der Waals surface area contributed by atoms with E-state index in [1.807, 2.05) is 48.5 Å². The molecule has 0 atom stereocenters. The molecular formula is C26H25NO2. The monoisotopic (exact) mass is 383 g/mol. The summed E-state index contributed by atoms with van der Waals surface area (Å²) in [6.07, 6.45) is 0.970. The summed E-state index contributed by atoms with van der Waals surface area (Å²) in [6.45, 7) is 1.89. The maximum atomic E-state index is 5.83. The molecule has 0 heterocycles. The summed E-state index contributed by atoms with van der Waals surface area (Å²) in [7, 11) is 0. The van der Waals surface area contributed by atoms with Gasteiger partial charge in [0.1, 0.15) is 24.7 Å². The Kier molecular flexibility index (Phi) is 6.28. The largest absolute Gasteiger partial charge is 0.490 e. The molecule has 0 amide bonds. The molecule has 0 saturated heterocycles. The van der Waals surface area contributed by atoms with Crippen LogP contribution in [0.5, 0.6) is 11.5 Å². The third kappa shape index (κ3) is 5.29. The Hall–Kier alpha value is -3.46. The fourth-order valence-electron chi connectivity index (χ4n) is 3.38. The standard InChI is InChI=1S/C26H25NO2/c1-2-12-24(13-3-1)28-18-19-29-25-14-7-11-23(20-25)27-17-16-22-10-6-9-21-8-4-5-15-26(21)22/h1-15,20,27H,16-19H2. The molecular weight excluding hydrogens is 358 g/mol. The number of benzene rings is 4. The van der Waals surface area contributed by atoms with E-state index in [-0.39, 0.29) is 0 Å². The number of para-hydroxylation sites is 1. The lowest BCUT2D eigenvalue weighted by Crippen LogP contribution is -2.09. The molecule has 3 heteroatoms. The first-order chi connectivity index (χ1) is 14.4. The van der Waals surface area contributed by atoms with Gasteiger partial charge < -0.3 is 14.8 Å². The van der Waals surface area contributed by atoms with Crippen molar-refractivity contribution in [3.8, 4) is 11.5 Å².